The van der Waals surface area contributed by atoms with Gasteiger partial charge in [-0.25, -0.2) is 0 Å². The molecule has 0 aliphatic carbocycles. The van der Waals surface area contributed by atoms with E-state index in [4.69, 9.17) is 4.74 Å². The molecule has 2 aromatic carbocycles. The molecule has 0 saturated carbocycles. The highest BCUT2D eigenvalue weighted by molar-refractivity contribution is 6.21. The fourth-order valence-corrected chi connectivity index (χ4v) is 2.95. The second-order valence-corrected chi connectivity index (χ2v) is 6.54. The van der Waals surface area contributed by atoms with Gasteiger partial charge in [-0.15, -0.1) is 0 Å². The molecular formula is C21H22N2O4. The average molecular weight is 366 g/mol. The second-order valence-electron chi connectivity index (χ2n) is 6.54. The largest absolute Gasteiger partial charge is 0.492 e. The Hall–Kier alpha value is -3.15. The Bertz CT molecular complexity index is 864. The molecule has 1 aliphatic rings. The van der Waals surface area contributed by atoms with E-state index in [9.17, 15) is 14.4 Å². The topological polar surface area (TPSA) is 66.9 Å². The maximum Gasteiger partial charge on any atom is 0.261 e. The lowest BCUT2D eigenvalue weighted by atomic mass is 10.1. The highest BCUT2D eigenvalue weighted by atomic mass is 16.5. The molecule has 2 aromatic rings. The first kappa shape index (κ1) is 18.6. The first-order valence-electron chi connectivity index (χ1n) is 8.86. The van der Waals surface area contributed by atoms with Crippen molar-refractivity contribution >= 4 is 17.7 Å². The quantitative estimate of drug-likeness (QED) is 0.706. The summed E-state index contributed by atoms with van der Waals surface area (Å²) in [5.74, 6) is -0.0570. The Kier molecular flexibility index (Phi) is 5.54. The Morgan fingerprint density at radius 2 is 1.74 bits per heavy atom. The molecule has 0 saturated heterocycles. The van der Waals surface area contributed by atoms with Gasteiger partial charge in [0.15, 0.2) is 0 Å². The minimum absolute atomic E-state index is 0.0775. The smallest absolute Gasteiger partial charge is 0.261 e. The van der Waals surface area contributed by atoms with Crippen LogP contribution in [0.15, 0.2) is 48.5 Å². The Labute approximate surface area is 158 Å². The molecule has 3 amide bonds. The summed E-state index contributed by atoms with van der Waals surface area (Å²) in [4.78, 5) is 39.8. The van der Waals surface area contributed by atoms with E-state index in [0.29, 0.717) is 24.3 Å². The van der Waals surface area contributed by atoms with E-state index in [2.05, 4.69) is 0 Å². The van der Waals surface area contributed by atoms with E-state index >= 15 is 0 Å². The first-order chi connectivity index (χ1) is 13.0. The highest BCUT2D eigenvalue weighted by Crippen LogP contribution is 2.24. The molecule has 0 bridgehead atoms. The molecule has 3 rings (SSSR count). The van der Waals surface area contributed by atoms with E-state index in [1.807, 2.05) is 37.3 Å². The summed E-state index contributed by atoms with van der Waals surface area (Å²) in [6.45, 7) is 2.75. The standard InChI is InChI=1S/C21H22N2O4/c1-15-8-9-17-18(14-15)21(26)23(20(17)25)11-10-19(24)22(2)12-13-27-16-6-4-3-5-7-16/h3-9,14H,10-13H2,1-2H3. The lowest BCUT2D eigenvalue weighted by Crippen LogP contribution is -2.36. The minimum atomic E-state index is -0.335. The van der Waals surface area contributed by atoms with Gasteiger partial charge >= 0.3 is 0 Å². The average Bonchev–Trinajstić information content (AvgIpc) is 2.90. The van der Waals surface area contributed by atoms with Gasteiger partial charge in [-0.05, 0) is 31.2 Å². The van der Waals surface area contributed by atoms with Crippen molar-refractivity contribution in [3.63, 3.8) is 0 Å². The molecular weight excluding hydrogens is 344 g/mol. The zero-order chi connectivity index (χ0) is 19.4. The van der Waals surface area contributed by atoms with E-state index in [0.717, 1.165) is 16.2 Å². The number of fused-ring (bicyclic) bond motifs is 1. The van der Waals surface area contributed by atoms with Crippen molar-refractivity contribution in [3.8, 4) is 5.75 Å². The summed E-state index contributed by atoms with van der Waals surface area (Å²) in [7, 11) is 1.68. The van der Waals surface area contributed by atoms with Crippen molar-refractivity contribution in [1.82, 2.24) is 9.80 Å². The van der Waals surface area contributed by atoms with Crippen molar-refractivity contribution in [1.29, 1.82) is 0 Å². The minimum Gasteiger partial charge on any atom is -0.492 e. The third kappa shape index (κ3) is 4.16. The van der Waals surface area contributed by atoms with Gasteiger partial charge in [0.1, 0.15) is 12.4 Å². The van der Waals surface area contributed by atoms with Crippen LogP contribution >= 0.6 is 0 Å². The number of para-hydroxylation sites is 1. The number of likely N-dealkylation sites (N-methyl/N-ethyl adjacent to an activating group) is 1. The van der Waals surface area contributed by atoms with Crippen LogP contribution in [-0.4, -0.2) is 54.3 Å². The molecule has 0 fully saturated rings. The predicted octanol–water partition coefficient (Wildman–Crippen LogP) is 2.52. The summed E-state index contributed by atoms with van der Waals surface area (Å²) in [5.41, 5.74) is 1.74. The van der Waals surface area contributed by atoms with E-state index < -0.39 is 0 Å². The molecule has 27 heavy (non-hydrogen) atoms. The van der Waals surface area contributed by atoms with Gasteiger partial charge in [0.25, 0.3) is 11.8 Å². The maximum atomic E-state index is 12.4. The molecule has 0 aromatic heterocycles. The van der Waals surface area contributed by atoms with Crippen LogP contribution < -0.4 is 4.74 Å². The van der Waals surface area contributed by atoms with Crippen LogP contribution in [0.3, 0.4) is 0 Å². The SMILES string of the molecule is Cc1ccc2c(c1)C(=O)N(CCC(=O)N(C)CCOc1ccccc1)C2=O. The first-order valence-corrected chi connectivity index (χ1v) is 8.86. The molecule has 140 valence electrons. The van der Waals surface area contributed by atoms with Gasteiger partial charge in [-0.1, -0.05) is 29.8 Å². The van der Waals surface area contributed by atoms with Gasteiger partial charge in [-0.2, -0.15) is 0 Å². The summed E-state index contributed by atoms with van der Waals surface area (Å²) in [6.07, 6.45) is 0.0896. The van der Waals surface area contributed by atoms with Gasteiger partial charge in [-0.3, -0.25) is 19.3 Å². The van der Waals surface area contributed by atoms with Gasteiger partial charge in [0.2, 0.25) is 5.91 Å². The number of imide groups is 1. The zero-order valence-corrected chi connectivity index (χ0v) is 15.5. The number of ether oxygens (including phenoxy) is 1. The monoisotopic (exact) mass is 366 g/mol. The van der Waals surface area contributed by atoms with Crippen molar-refractivity contribution in [3.05, 3.63) is 65.2 Å². The number of benzene rings is 2. The van der Waals surface area contributed by atoms with Crippen LogP contribution in [0.4, 0.5) is 0 Å². The lowest BCUT2D eigenvalue weighted by molar-refractivity contribution is -0.130. The summed E-state index contributed by atoms with van der Waals surface area (Å²) < 4.78 is 5.58. The number of carbonyl (C=O) groups is 3. The number of hydrogen-bond acceptors (Lipinski definition) is 4. The fourth-order valence-electron chi connectivity index (χ4n) is 2.95. The van der Waals surface area contributed by atoms with Crippen LogP contribution in [0.5, 0.6) is 5.75 Å². The number of rotatable bonds is 7. The Morgan fingerprint density at radius 1 is 1.04 bits per heavy atom. The molecule has 0 radical (unpaired) electrons. The summed E-state index contributed by atoms with van der Waals surface area (Å²) >= 11 is 0. The van der Waals surface area contributed by atoms with E-state index in [1.165, 1.54) is 0 Å². The van der Waals surface area contributed by atoms with Crippen LogP contribution in [0.1, 0.15) is 32.7 Å². The highest BCUT2D eigenvalue weighted by Gasteiger charge is 2.35. The lowest BCUT2D eigenvalue weighted by Gasteiger charge is -2.19. The van der Waals surface area contributed by atoms with Crippen LogP contribution in [-0.2, 0) is 4.79 Å². The van der Waals surface area contributed by atoms with Gasteiger partial charge in [0.05, 0.1) is 17.7 Å². The van der Waals surface area contributed by atoms with Crippen molar-refractivity contribution in [2.75, 3.05) is 26.7 Å². The number of nitrogens with zero attached hydrogens (tertiary/aromatic N) is 2. The van der Waals surface area contributed by atoms with Crippen molar-refractivity contribution in [2.45, 2.75) is 13.3 Å². The number of hydrogen-bond donors (Lipinski definition) is 0. The van der Waals surface area contributed by atoms with Crippen molar-refractivity contribution < 1.29 is 19.1 Å². The molecule has 6 heteroatoms. The van der Waals surface area contributed by atoms with Crippen LogP contribution in [0.25, 0.3) is 0 Å². The third-order valence-electron chi connectivity index (χ3n) is 4.54. The van der Waals surface area contributed by atoms with Crippen LogP contribution in [0.2, 0.25) is 0 Å². The summed E-state index contributed by atoms with van der Waals surface area (Å²) in [5, 5.41) is 0. The molecule has 1 aliphatic heterocycles. The molecule has 0 N–H and O–H groups in total. The van der Waals surface area contributed by atoms with Crippen molar-refractivity contribution in [2.24, 2.45) is 0 Å². The van der Waals surface area contributed by atoms with Gasteiger partial charge in [0, 0.05) is 20.0 Å². The normalized spacial score (nSPS) is 12.9. The number of carbonyl (C=O) groups excluding carboxylic acids is 3. The Morgan fingerprint density at radius 3 is 2.48 bits per heavy atom. The van der Waals surface area contributed by atoms with E-state index in [-0.39, 0.29) is 30.7 Å². The maximum absolute atomic E-state index is 12.4. The third-order valence-corrected chi connectivity index (χ3v) is 4.54. The molecule has 0 spiro atoms. The Balaban J connectivity index is 1.49. The molecule has 6 nitrogen and oxygen atoms in total. The number of amides is 3. The fraction of sp³-hybridized carbons (Fsp3) is 0.286. The zero-order valence-electron chi connectivity index (χ0n) is 15.5. The molecule has 0 atom stereocenters. The number of aryl methyl sites for hydroxylation is 1. The molecule has 0 unspecified atom stereocenters. The van der Waals surface area contributed by atoms with E-state index in [1.54, 1.807) is 30.1 Å². The van der Waals surface area contributed by atoms with Crippen LogP contribution in [0, 0.1) is 6.92 Å². The second kappa shape index (κ2) is 8.03. The predicted molar refractivity (Wildman–Crippen MR) is 101 cm³/mol. The van der Waals surface area contributed by atoms with Gasteiger partial charge < -0.3 is 9.64 Å². The summed E-state index contributed by atoms with van der Waals surface area (Å²) in [6, 6.07) is 14.6. The molecule has 1 heterocycles.